The lowest BCUT2D eigenvalue weighted by molar-refractivity contribution is -0.143. The molecule has 0 radical (unpaired) electrons. The Balaban J connectivity index is 1.81. The summed E-state index contributed by atoms with van der Waals surface area (Å²) in [7, 11) is 0. The van der Waals surface area contributed by atoms with Crippen LogP contribution in [-0.2, 0) is 9.53 Å². The van der Waals surface area contributed by atoms with Crippen molar-refractivity contribution >= 4 is 29.0 Å². The normalized spacial score (nSPS) is 18.0. The monoisotopic (exact) mass is 460 g/mol. The molecule has 0 unspecified atom stereocenters. The number of nitrogens with one attached hydrogen (secondary N) is 1. The number of fused-ring (bicyclic) bond motifs is 1. The smallest absolute Gasteiger partial charge is 0.338 e. The molecule has 2 aliphatic rings. The Kier molecular flexibility index (Phi) is 6.01. The minimum absolute atomic E-state index is 0.244. The lowest BCUT2D eigenvalue weighted by Crippen LogP contribution is -2.48. The van der Waals surface area contributed by atoms with Crippen LogP contribution in [0.2, 0.25) is 0 Å². The van der Waals surface area contributed by atoms with Gasteiger partial charge in [0.2, 0.25) is 0 Å². The second kappa shape index (κ2) is 8.74. The maximum absolute atomic E-state index is 14.0. The van der Waals surface area contributed by atoms with Crippen molar-refractivity contribution in [2.75, 3.05) is 18.1 Å². The van der Waals surface area contributed by atoms with Crippen LogP contribution in [0.1, 0.15) is 32.4 Å². The number of allylic oxidation sites excluding steroid dienone is 1. The average Bonchev–Trinajstić information content (AvgIpc) is 2.74. The number of halogens is 2. The van der Waals surface area contributed by atoms with Crippen LogP contribution in [0.25, 0.3) is 0 Å². The first kappa shape index (κ1) is 22.0. The molecule has 0 aromatic heterocycles. The Labute approximate surface area is 189 Å². The summed E-state index contributed by atoms with van der Waals surface area (Å²) in [5, 5.41) is 3.37. The van der Waals surface area contributed by atoms with Crippen LogP contribution in [0, 0.1) is 11.6 Å². The minimum Gasteiger partial charge on any atom is -0.486 e. The summed E-state index contributed by atoms with van der Waals surface area (Å²) in [4.78, 5) is 14.7. The topological polar surface area (TPSA) is 60.0 Å². The van der Waals surface area contributed by atoms with Crippen LogP contribution >= 0.6 is 12.2 Å². The number of esters is 1. The lowest BCUT2D eigenvalue weighted by Gasteiger charge is -2.38. The standard InChI is InChI=1S/C23H22F2N2O4S/c1-12(2)31-22(28)20-13(3)27(15-5-7-18-19(11-15)30-9-8-29-18)23(32)26-21(20)14-4-6-16(24)17(25)10-14/h4-7,10-12,21H,8-9H2,1-3H3,(H,26,32)/t21-/m1/s1. The predicted octanol–water partition coefficient (Wildman–Crippen LogP) is 4.40. The highest BCUT2D eigenvalue weighted by Crippen LogP contribution is 2.39. The quantitative estimate of drug-likeness (QED) is 0.536. The molecule has 0 fully saturated rings. The molecule has 168 valence electrons. The predicted molar refractivity (Wildman–Crippen MR) is 119 cm³/mol. The van der Waals surface area contributed by atoms with Crippen molar-refractivity contribution in [1.82, 2.24) is 5.32 Å². The number of nitrogens with zero attached hydrogens (tertiary/aromatic N) is 1. The van der Waals surface area contributed by atoms with Crippen molar-refractivity contribution in [1.29, 1.82) is 0 Å². The molecule has 0 bridgehead atoms. The van der Waals surface area contributed by atoms with Gasteiger partial charge in [0.1, 0.15) is 13.2 Å². The third-order valence-corrected chi connectivity index (χ3v) is 5.41. The van der Waals surface area contributed by atoms with Crippen LogP contribution < -0.4 is 19.7 Å². The van der Waals surface area contributed by atoms with Gasteiger partial charge in [0, 0.05) is 11.8 Å². The number of anilines is 1. The third-order valence-electron chi connectivity index (χ3n) is 5.11. The Bertz CT molecular complexity index is 1120. The van der Waals surface area contributed by atoms with E-state index in [0.717, 1.165) is 12.1 Å². The molecule has 0 amide bonds. The Morgan fingerprint density at radius 2 is 1.84 bits per heavy atom. The summed E-state index contributed by atoms with van der Waals surface area (Å²) in [6.07, 6.45) is -0.370. The number of thiocarbonyl (C=S) groups is 1. The molecular formula is C23H22F2N2O4S. The zero-order valence-corrected chi connectivity index (χ0v) is 18.6. The molecule has 32 heavy (non-hydrogen) atoms. The molecule has 0 saturated heterocycles. The molecule has 2 aliphatic heterocycles. The zero-order valence-electron chi connectivity index (χ0n) is 17.8. The second-order valence-electron chi connectivity index (χ2n) is 7.67. The number of hydrogen-bond acceptors (Lipinski definition) is 5. The molecule has 2 aromatic rings. The highest BCUT2D eigenvalue weighted by atomic mass is 32.1. The first-order valence-electron chi connectivity index (χ1n) is 10.1. The fourth-order valence-electron chi connectivity index (χ4n) is 3.71. The minimum atomic E-state index is -1.02. The SMILES string of the molecule is CC1=C(C(=O)OC(C)C)[C@@H](c2ccc(F)c(F)c2)NC(=S)N1c1ccc2c(c1)OCCO2. The highest BCUT2D eigenvalue weighted by Gasteiger charge is 2.36. The molecule has 9 heteroatoms. The highest BCUT2D eigenvalue weighted by molar-refractivity contribution is 7.80. The number of ether oxygens (including phenoxy) is 3. The molecule has 4 rings (SSSR count). The largest absolute Gasteiger partial charge is 0.486 e. The maximum Gasteiger partial charge on any atom is 0.338 e. The van der Waals surface area contributed by atoms with Gasteiger partial charge in [-0.3, -0.25) is 4.90 Å². The van der Waals surface area contributed by atoms with E-state index in [2.05, 4.69) is 5.32 Å². The fourth-order valence-corrected chi connectivity index (χ4v) is 4.07. The fraction of sp³-hybridized carbons (Fsp3) is 0.304. The van der Waals surface area contributed by atoms with Gasteiger partial charge in [-0.15, -0.1) is 0 Å². The summed E-state index contributed by atoms with van der Waals surface area (Å²) < 4.78 is 44.2. The average molecular weight is 461 g/mol. The van der Waals surface area contributed by atoms with Crippen molar-refractivity contribution in [2.24, 2.45) is 0 Å². The van der Waals surface area contributed by atoms with E-state index in [1.165, 1.54) is 6.07 Å². The van der Waals surface area contributed by atoms with Crippen molar-refractivity contribution in [2.45, 2.75) is 32.9 Å². The summed E-state index contributed by atoms with van der Waals surface area (Å²) >= 11 is 5.59. The van der Waals surface area contributed by atoms with Gasteiger partial charge in [0.05, 0.1) is 23.4 Å². The van der Waals surface area contributed by atoms with Gasteiger partial charge in [-0.05, 0) is 62.8 Å². The van der Waals surface area contributed by atoms with Gasteiger partial charge in [-0.2, -0.15) is 0 Å². The number of carbonyl (C=O) groups excluding carboxylic acids is 1. The maximum atomic E-state index is 14.0. The molecule has 0 aliphatic carbocycles. The van der Waals surface area contributed by atoms with Crippen LogP contribution in [-0.4, -0.2) is 30.4 Å². The van der Waals surface area contributed by atoms with Crippen LogP contribution in [0.5, 0.6) is 11.5 Å². The van der Waals surface area contributed by atoms with Gasteiger partial charge < -0.3 is 19.5 Å². The third kappa shape index (κ3) is 4.12. The number of hydrogen-bond donors (Lipinski definition) is 1. The van der Waals surface area contributed by atoms with E-state index in [0.29, 0.717) is 41.7 Å². The summed E-state index contributed by atoms with van der Waals surface area (Å²) in [6, 6.07) is 8.01. The first-order valence-corrected chi connectivity index (χ1v) is 10.5. The van der Waals surface area contributed by atoms with Gasteiger partial charge in [-0.25, -0.2) is 13.6 Å². The Morgan fingerprint density at radius 3 is 2.53 bits per heavy atom. The van der Waals surface area contributed by atoms with E-state index in [-0.39, 0.29) is 16.8 Å². The van der Waals surface area contributed by atoms with E-state index in [1.54, 1.807) is 43.9 Å². The summed E-state index contributed by atoms with van der Waals surface area (Å²) in [5.41, 5.74) is 1.75. The molecule has 0 saturated carbocycles. The molecule has 1 atom stereocenters. The summed E-state index contributed by atoms with van der Waals surface area (Å²) in [6.45, 7) is 6.10. The van der Waals surface area contributed by atoms with Crippen molar-refractivity contribution < 1.29 is 27.8 Å². The molecule has 0 spiro atoms. The van der Waals surface area contributed by atoms with E-state index in [1.807, 2.05) is 0 Å². The van der Waals surface area contributed by atoms with E-state index >= 15 is 0 Å². The molecule has 6 nitrogen and oxygen atoms in total. The van der Waals surface area contributed by atoms with Crippen molar-refractivity contribution in [3.8, 4) is 11.5 Å². The number of benzene rings is 2. The van der Waals surface area contributed by atoms with E-state index < -0.39 is 23.6 Å². The van der Waals surface area contributed by atoms with Crippen LogP contribution in [0.4, 0.5) is 14.5 Å². The van der Waals surface area contributed by atoms with E-state index in [9.17, 15) is 13.6 Å². The van der Waals surface area contributed by atoms with Gasteiger partial charge in [0.15, 0.2) is 28.2 Å². The molecular weight excluding hydrogens is 438 g/mol. The van der Waals surface area contributed by atoms with Gasteiger partial charge >= 0.3 is 5.97 Å². The molecule has 2 heterocycles. The van der Waals surface area contributed by atoms with Crippen LogP contribution in [0.3, 0.4) is 0 Å². The lowest BCUT2D eigenvalue weighted by atomic mass is 9.94. The van der Waals surface area contributed by atoms with Crippen molar-refractivity contribution in [3.05, 3.63) is 64.9 Å². The Hall–Kier alpha value is -3.20. The van der Waals surface area contributed by atoms with E-state index in [4.69, 9.17) is 26.4 Å². The zero-order chi connectivity index (χ0) is 23.0. The second-order valence-corrected chi connectivity index (χ2v) is 8.06. The first-order chi connectivity index (χ1) is 15.3. The van der Waals surface area contributed by atoms with Crippen molar-refractivity contribution in [3.63, 3.8) is 0 Å². The molecule has 1 N–H and O–H groups in total. The molecule has 2 aromatic carbocycles. The number of carbonyl (C=O) groups is 1. The van der Waals surface area contributed by atoms with Gasteiger partial charge in [-0.1, -0.05) is 6.07 Å². The van der Waals surface area contributed by atoms with Crippen LogP contribution in [0.15, 0.2) is 47.7 Å². The Morgan fingerprint density at radius 1 is 1.12 bits per heavy atom. The number of rotatable bonds is 4. The summed E-state index contributed by atoms with van der Waals surface area (Å²) in [5.74, 6) is -1.38. The van der Waals surface area contributed by atoms with Gasteiger partial charge in [0.25, 0.3) is 0 Å².